The van der Waals surface area contributed by atoms with Crippen LogP contribution in [0.4, 0.5) is 0 Å². The zero-order chi connectivity index (χ0) is 11.6. The van der Waals surface area contributed by atoms with Crippen molar-refractivity contribution in [3.63, 3.8) is 0 Å². The third-order valence-corrected chi connectivity index (χ3v) is 4.20. The molecule has 2 heteroatoms. The van der Waals surface area contributed by atoms with Gasteiger partial charge < -0.3 is 18.7 Å². The maximum atomic E-state index is 4.27. The van der Waals surface area contributed by atoms with Crippen LogP contribution in [0.25, 0.3) is 0 Å². The Hall–Kier alpha value is 1.06. The Bertz CT molecular complexity index is 193. The van der Waals surface area contributed by atoms with Crippen molar-refractivity contribution in [2.45, 2.75) is 39.7 Å². The van der Waals surface area contributed by atoms with Gasteiger partial charge >= 0.3 is 0 Å². The van der Waals surface area contributed by atoms with Crippen molar-refractivity contribution in [1.29, 1.82) is 0 Å². The van der Waals surface area contributed by atoms with Gasteiger partial charge in [-0.25, -0.2) is 6.42 Å². The topological polar surface area (TPSA) is 3.24 Å². The standard InChI is InChI=1S/C14H27N.Y/c1-7-11(4)13-8-9-15(6)14(10(2)3)12(13)5;/h10-14H,1,4,7-9H2,2-3,5-6H3;/q-2;. The second-order valence-electron chi connectivity index (χ2n) is 5.58. The molecule has 1 nitrogen and oxygen atoms in total. The summed E-state index contributed by atoms with van der Waals surface area (Å²) in [5.74, 6) is 2.80. The van der Waals surface area contributed by atoms with Crippen LogP contribution < -0.4 is 0 Å². The van der Waals surface area contributed by atoms with Gasteiger partial charge in [0.25, 0.3) is 0 Å². The van der Waals surface area contributed by atoms with Crippen LogP contribution in [0.3, 0.4) is 0 Å². The fourth-order valence-corrected chi connectivity index (χ4v) is 3.41. The van der Waals surface area contributed by atoms with Crippen LogP contribution in [-0.2, 0) is 32.7 Å². The second-order valence-corrected chi connectivity index (χ2v) is 5.58. The van der Waals surface area contributed by atoms with Gasteiger partial charge in [-0.1, -0.05) is 26.7 Å². The van der Waals surface area contributed by atoms with E-state index in [0.29, 0.717) is 5.92 Å². The number of nitrogens with zero attached hydrogens (tertiary/aromatic N) is 1. The maximum Gasteiger partial charge on any atom is 0.0143 e. The van der Waals surface area contributed by atoms with Gasteiger partial charge in [-0.05, 0) is 31.8 Å². The third-order valence-electron chi connectivity index (χ3n) is 4.20. The van der Waals surface area contributed by atoms with Crippen LogP contribution in [0.15, 0.2) is 0 Å². The summed E-state index contributed by atoms with van der Waals surface area (Å²) >= 11 is 0. The monoisotopic (exact) mass is 298 g/mol. The van der Waals surface area contributed by atoms with Crippen LogP contribution in [0, 0.1) is 37.5 Å². The number of rotatable bonds is 3. The maximum absolute atomic E-state index is 4.27. The largest absolute Gasteiger partial charge is 0.345 e. The third kappa shape index (κ3) is 3.78. The first-order valence-corrected chi connectivity index (χ1v) is 6.31. The molecule has 0 spiro atoms. The Morgan fingerprint density at radius 3 is 2.38 bits per heavy atom. The molecule has 1 aliphatic heterocycles. The summed E-state index contributed by atoms with van der Waals surface area (Å²) in [5, 5.41) is 0. The van der Waals surface area contributed by atoms with E-state index >= 15 is 0 Å². The summed E-state index contributed by atoms with van der Waals surface area (Å²) in [6.45, 7) is 16.6. The molecule has 1 radical (unpaired) electrons. The van der Waals surface area contributed by atoms with E-state index in [1.165, 1.54) is 13.0 Å². The predicted octanol–water partition coefficient (Wildman–Crippen LogP) is 3.27. The molecule has 4 unspecified atom stereocenters. The van der Waals surface area contributed by atoms with Gasteiger partial charge in [0.1, 0.15) is 0 Å². The predicted molar refractivity (Wildman–Crippen MR) is 67.3 cm³/mol. The molecule has 16 heavy (non-hydrogen) atoms. The summed E-state index contributed by atoms with van der Waals surface area (Å²) in [4.78, 5) is 2.53. The Morgan fingerprint density at radius 1 is 1.38 bits per heavy atom. The van der Waals surface area contributed by atoms with Gasteiger partial charge in [-0.2, -0.15) is 5.92 Å². The minimum Gasteiger partial charge on any atom is -0.345 e. The van der Waals surface area contributed by atoms with Crippen molar-refractivity contribution < 1.29 is 32.7 Å². The van der Waals surface area contributed by atoms with Crippen LogP contribution in [0.1, 0.15) is 33.6 Å². The second kappa shape index (κ2) is 7.49. The minimum atomic E-state index is 0. The number of piperidine rings is 1. The fourth-order valence-electron chi connectivity index (χ4n) is 3.41. The number of hydrogen-bond donors (Lipinski definition) is 0. The molecule has 0 N–H and O–H groups in total. The Kier molecular flexibility index (Phi) is 7.99. The average molecular weight is 298 g/mol. The molecule has 93 valence electrons. The molecule has 0 aliphatic carbocycles. The zero-order valence-electron chi connectivity index (χ0n) is 11.4. The molecule has 1 rings (SSSR count). The van der Waals surface area contributed by atoms with E-state index in [1.807, 2.05) is 0 Å². The van der Waals surface area contributed by atoms with Gasteiger partial charge in [0.05, 0.1) is 0 Å². The molecule has 0 bridgehead atoms. The number of hydrogen-bond acceptors (Lipinski definition) is 1. The molecular formula is C14H27NY-2. The van der Waals surface area contributed by atoms with Gasteiger partial charge in [0.2, 0.25) is 0 Å². The smallest absolute Gasteiger partial charge is 0.0143 e. The quantitative estimate of drug-likeness (QED) is 0.723. The Labute approximate surface area is 128 Å². The van der Waals surface area contributed by atoms with Crippen molar-refractivity contribution in [2.75, 3.05) is 13.6 Å². The first-order valence-electron chi connectivity index (χ1n) is 6.31. The molecule has 1 fully saturated rings. The van der Waals surface area contributed by atoms with Gasteiger partial charge in [-0.15, -0.1) is 0 Å². The van der Waals surface area contributed by atoms with Crippen molar-refractivity contribution in [3.05, 3.63) is 13.8 Å². The summed E-state index contributed by atoms with van der Waals surface area (Å²) in [6, 6.07) is 0.722. The first-order chi connectivity index (χ1) is 6.99. The summed E-state index contributed by atoms with van der Waals surface area (Å²) in [6.07, 6.45) is 2.27. The van der Waals surface area contributed by atoms with E-state index < -0.39 is 0 Å². The fraction of sp³-hybridized carbons (Fsp3) is 0.857. The van der Waals surface area contributed by atoms with Crippen molar-refractivity contribution in [1.82, 2.24) is 4.90 Å². The van der Waals surface area contributed by atoms with Crippen LogP contribution >= 0.6 is 0 Å². The van der Waals surface area contributed by atoms with Gasteiger partial charge in [0, 0.05) is 38.8 Å². The van der Waals surface area contributed by atoms with Crippen LogP contribution in [0.5, 0.6) is 0 Å². The first kappa shape index (κ1) is 17.1. The average Bonchev–Trinajstić information content (AvgIpc) is 2.16. The molecular weight excluding hydrogens is 271 g/mol. The normalized spacial score (nSPS) is 33.6. The molecule has 1 saturated heterocycles. The number of likely N-dealkylation sites (tertiary alicyclic amines) is 1. The van der Waals surface area contributed by atoms with E-state index in [2.05, 4.69) is 46.6 Å². The minimum absolute atomic E-state index is 0. The molecule has 0 amide bonds. The Balaban J connectivity index is 0.00000225. The molecule has 0 aromatic carbocycles. The van der Waals surface area contributed by atoms with Crippen LogP contribution in [-0.4, -0.2) is 24.5 Å². The summed E-state index contributed by atoms with van der Waals surface area (Å²) in [7, 11) is 2.26. The molecule has 1 heterocycles. The van der Waals surface area contributed by atoms with E-state index in [0.717, 1.165) is 30.2 Å². The van der Waals surface area contributed by atoms with Crippen molar-refractivity contribution >= 4 is 0 Å². The summed E-state index contributed by atoms with van der Waals surface area (Å²) in [5.41, 5.74) is 0. The van der Waals surface area contributed by atoms with Gasteiger partial charge in [-0.3, -0.25) is 0 Å². The van der Waals surface area contributed by atoms with E-state index in [1.54, 1.807) is 0 Å². The molecule has 0 aromatic rings. The Morgan fingerprint density at radius 2 is 1.94 bits per heavy atom. The SMILES string of the molecule is [CH2-]CC([CH2-])C1CCN(C)C(C(C)C)C1C.[Y]. The zero-order valence-corrected chi connectivity index (χ0v) is 14.3. The molecule has 4 atom stereocenters. The molecule has 0 saturated carbocycles. The van der Waals surface area contributed by atoms with Gasteiger partial charge in [0.15, 0.2) is 0 Å². The molecule has 0 aromatic heterocycles. The van der Waals surface area contributed by atoms with E-state index in [9.17, 15) is 0 Å². The molecule has 1 aliphatic rings. The van der Waals surface area contributed by atoms with E-state index in [4.69, 9.17) is 0 Å². The van der Waals surface area contributed by atoms with Crippen molar-refractivity contribution in [3.8, 4) is 0 Å². The van der Waals surface area contributed by atoms with Crippen LogP contribution in [0.2, 0.25) is 0 Å². The summed E-state index contributed by atoms with van der Waals surface area (Å²) < 4.78 is 0. The van der Waals surface area contributed by atoms with E-state index in [-0.39, 0.29) is 32.7 Å². The van der Waals surface area contributed by atoms with Crippen molar-refractivity contribution in [2.24, 2.45) is 23.7 Å².